The third-order valence-corrected chi connectivity index (χ3v) is 5.84. The van der Waals surface area contributed by atoms with Gasteiger partial charge in [0.2, 0.25) is 11.7 Å². The first kappa shape index (κ1) is 24.5. The van der Waals surface area contributed by atoms with Gasteiger partial charge in [0.05, 0.1) is 25.7 Å². The smallest absolute Gasteiger partial charge is 0.270 e. The maximum atomic E-state index is 15.5. The molecular weight excluding hydrogens is 459 g/mol. The molecule has 0 radical (unpaired) electrons. The topological polar surface area (TPSA) is 93.4 Å². The molecule has 10 heteroatoms. The molecule has 1 fully saturated rings. The van der Waals surface area contributed by atoms with Crippen LogP contribution in [0.25, 0.3) is 0 Å². The molecule has 1 saturated heterocycles. The van der Waals surface area contributed by atoms with Gasteiger partial charge in [-0.2, -0.15) is 4.39 Å². The van der Waals surface area contributed by atoms with Gasteiger partial charge < -0.3 is 20.7 Å². The zero-order chi connectivity index (χ0) is 25.0. The van der Waals surface area contributed by atoms with E-state index in [0.717, 1.165) is 23.6 Å². The Balaban J connectivity index is 1.51. The number of nitrogens with two attached hydrogens (primary N) is 1. The molecule has 1 unspecified atom stereocenters. The van der Waals surface area contributed by atoms with Crippen molar-refractivity contribution in [1.29, 1.82) is 0 Å². The summed E-state index contributed by atoms with van der Waals surface area (Å²) in [5.74, 6) is -3.81. The monoisotopic (exact) mass is 485 g/mol. The lowest BCUT2D eigenvalue weighted by atomic mass is 10.0. The number of amides is 1. The predicted molar refractivity (Wildman–Crippen MR) is 126 cm³/mol. The third kappa shape index (κ3) is 5.89. The lowest BCUT2D eigenvalue weighted by Crippen LogP contribution is -2.40. The van der Waals surface area contributed by atoms with Crippen LogP contribution in [0, 0.1) is 5.82 Å². The van der Waals surface area contributed by atoms with Crippen molar-refractivity contribution < 1.29 is 22.7 Å². The van der Waals surface area contributed by atoms with Gasteiger partial charge in [-0.25, -0.2) is 18.7 Å². The highest BCUT2D eigenvalue weighted by atomic mass is 19.3. The highest BCUT2D eigenvalue weighted by molar-refractivity contribution is 5.76. The summed E-state index contributed by atoms with van der Waals surface area (Å²) in [4.78, 5) is 21.0. The Bertz CT molecular complexity index is 1170. The van der Waals surface area contributed by atoms with Crippen LogP contribution in [0.4, 0.5) is 24.8 Å². The molecule has 1 aromatic heterocycles. The van der Waals surface area contributed by atoms with Crippen LogP contribution in [0.5, 0.6) is 0 Å². The molecule has 3 aromatic rings. The summed E-state index contributed by atoms with van der Waals surface area (Å²) < 4.78 is 48.3. The van der Waals surface area contributed by atoms with Crippen molar-refractivity contribution in [3.8, 4) is 0 Å². The number of anilines is 2. The predicted octanol–water partition coefficient (Wildman–Crippen LogP) is 3.95. The Labute approximate surface area is 201 Å². The van der Waals surface area contributed by atoms with E-state index in [1.807, 2.05) is 12.1 Å². The van der Waals surface area contributed by atoms with Crippen molar-refractivity contribution >= 4 is 17.5 Å². The molecule has 4 rings (SSSR count). The first-order chi connectivity index (χ1) is 16.7. The van der Waals surface area contributed by atoms with E-state index in [2.05, 4.69) is 15.3 Å². The number of nitrogens with zero attached hydrogens (tertiary/aromatic N) is 3. The van der Waals surface area contributed by atoms with Crippen LogP contribution in [0.15, 0.2) is 54.9 Å². The number of nitrogens with one attached hydrogen (secondary N) is 1. The van der Waals surface area contributed by atoms with Crippen molar-refractivity contribution in [3.63, 3.8) is 0 Å². The van der Waals surface area contributed by atoms with Crippen LogP contribution >= 0.6 is 0 Å². The van der Waals surface area contributed by atoms with Crippen molar-refractivity contribution in [2.75, 3.05) is 30.0 Å². The molecule has 7 nitrogen and oxygen atoms in total. The number of hydrogen-bond acceptors (Lipinski definition) is 6. The molecule has 1 aliphatic heterocycles. The number of alkyl halides is 2. The van der Waals surface area contributed by atoms with Gasteiger partial charge in [0.1, 0.15) is 6.33 Å². The molecule has 0 spiro atoms. The fourth-order valence-corrected chi connectivity index (χ4v) is 3.98. The lowest BCUT2D eigenvalue weighted by molar-refractivity contribution is -0.117. The quantitative estimate of drug-likeness (QED) is 0.502. The molecule has 2 aromatic carbocycles. The van der Waals surface area contributed by atoms with Crippen LogP contribution < -0.4 is 16.0 Å². The summed E-state index contributed by atoms with van der Waals surface area (Å²) in [6.07, 6.45) is 1.44. The Morgan fingerprint density at radius 1 is 1.14 bits per heavy atom. The second kappa shape index (κ2) is 10.3. The number of morpholine rings is 1. The molecule has 0 aliphatic carbocycles. The number of ether oxygens (including phenoxy) is 1. The molecule has 1 amide bonds. The van der Waals surface area contributed by atoms with Crippen molar-refractivity contribution in [1.82, 2.24) is 9.97 Å². The number of halogens is 3. The average molecular weight is 486 g/mol. The molecular formula is C25H26F3N5O2. The minimum Gasteiger partial charge on any atom is -0.377 e. The minimum absolute atomic E-state index is 0.0439. The summed E-state index contributed by atoms with van der Waals surface area (Å²) in [6, 6.07) is 12.8. The molecule has 3 N–H and O–H groups in total. The molecule has 0 saturated carbocycles. The van der Waals surface area contributed by atoms with Crippen molar-refractivity contribution in [2.45, 2.75) is 31.9 Å². The molecule has 1 aliphatic rings. The number of primary amides is 1. The minimum atomic E-state index is -2.94. The zero-order valence-corrected chi connectivity index (χ0v) is 19.2. The second-order valence-corrected chi connectivity index (χ2v) is 8.47. The largest absolute Gasteiger partial charge is 0.377 e. The van der Waals surface area contributed by atoms with Gasteiger partial charge in [0.15, 0.2) is 11.6 Å². The van der Waals surface area contributed by atoms with E-state index in [0.29, 0.717) is 19.7 Å². The maximum absolute atomic E-state index is 15.5. The van der Waals surface area contributed by atoms with Gasteiger partial charge in [0.25, 0.3) is 5.92 Å². The third-order valence-electron chi connectivity index (χ3n) is 5.84. The van der Waals surface area contributed by atoms with E-state index in [4.69, 9.17) is 10.5 Å². The normalized spacial score (nSPS) is 16.2. The zero-order valence-electron chi connectivity index (χ0n) is 19.2. The molecule has 1 atom stereocenters. The Morgan fingerprint density at radius 3 is 2.49 bits per heavy atom. The number of carbonyl (C=O) groups is 1. The fourth-order valence-electron chi connectivity index (χ4n) is 3.98. The lowest BCUT2D eigenvalue weighted by Gasteiger charge is -2.37. The summed E-state index contributed by atoms with van der Waals surface area (Å²) >= 11 is 0. The van der Waals surface area contributed by atoms with Crippen LogP contribution in [0.1, 0.15) is 35.2 Å². The van der Waals surface area contributed by atoms with Crippen LogP contribution in [-0.2, 0) is 28.4 Å². The highest BCUT2D eigenvalue weighted by Crippen LogP contribution is 2.34. The van der Waals surface area contributed by atoms with Gasteiger partial charge in [-0.05, 0) is 16.7 Å². The molecule has 0 bridgehead atoms. The van der Waals surface area contributed by atoms with Crippen LogP contribution in [0.3, 0.4) is 0 Å². The maximum Gasteiger partial charge on any atom is 0.270 e. The number of aromatic nitrogens is 2. The van der Waals surface area contributed by atoms with E-state index in [1.165, 1.54) is 18.5 Å². The Morgan fingerprint density at radius 2 is 1.83 bits per heavy atom. The molecule has 35 heavy (non-hydrogen) atoms. The number of rotatable bonds is 8. The number of hydrogen-bond donors (Lipinski definition) is 2. The average Bonchev–Trinajstić information content (AvgIpc) is 2.84. The van der Waals surface area contributed by atoms with E-state index in [9.17, 15) is 13.6 Å². The second-order valence-electron chi connectivity index (χ2n) is 8.47. The van der Waals surface area contributed by atoms with Gasteiger partial charge >= 0.3 is 0 Å². The van der Waals surface area contributed by atoms with Gasteiger partial charge in [-0.15, -0.1) is 0 Å². The van der Waals surface area contributed by atoms with Crippen molar-refractivity contribution in [2.24, 2.45) is 5.73 Å². The summed E-state index contributed by atoms with van der Waals surface area (Å²) in [6.45, 7) is 2.18. The molecule has 184 valence electrons. The SMILES string of the molecule is CC(F)(F)c1ccc(C2COCCN2c2ncnc(NCc3ccc(CC(N)=O)cc3)c2F)cc1. The summed E-state index contributed by atoms with van der Waals surface area (Å²) in [7, 11) is 0. The first-order valence-corrected chi connectivity index (χ1v) is 11.2. The van der Waals surface area contributed by atoms with Gasteiger partial charge in [-0.1, -0.05) is 48.5 Å². The van der Waals surface area contributed by atoms with Gasteiger partial charge in [0, 0.05) is 25.6 Å². The molecule has 2 heterocycles. The summed E-state index contributed by atoms with van der Waals surface area (Å²) in [5.41, 5.74) is 7.51. The van der Waals surface area contributed by atoms with E-state index in [-0.39, 0.29) is 30.2 Å². The standard InChI is InChI=1S/C25H26F3N5O2/c1-25(27,28)19-8-6-18(7-9-19)20-14-35-11-10-33(20)24-22(26)23(31-15-32-24)30-13-17-4-2-16(3-5-17)12-21(29)34/h2-9,15,20H,10-14H2,1H3,(H2,29,34)(H,30,31,32). The van der Waals surface area contributed by atoms with E-state index >= 15 is 4.39 Å². The van der Waals surface area contributed by atoms with Crippen LogP contribution in [0.2, 0.25) is 0 Å². The van der Waals surface area contributed by atoms with Crippen LogP contribution in [-0.4, -0.2) is 35.6 Å². The number of carbonyl (C=O) groups excluding carboxylic acids is 1. The number of benzene rings is 2. The van der Waals surface area contributed by atoms with E-state index in [1.54, 1.807) is 29.2 Å². The Hall–Kier alpha value is -3.66. The first-order valence-electron chi connectivity index (χ1n) is 11.2. The summed E-state index contributed by atoms with van der Waals surface area (Å²) in [5, 5.41) is 2.99. The Kier molecular flexibility index (Phi) is 7.20. The highest BCUT2D eigenvalue weighted by Gasteiger charge is 2.30. The van der Waals surface area contributed by atoms with Crippen molar-refractivity contribution in [3.05, 3.63) is 82.9 Å². The van der Waals surface area contributed by atoms with Gasteiger partial charge in [-0.3, -0.25) is 4.79 Å². The fraction of sp³-hybridized carbons (Fsp3) is 0.320. The van der Waals surface area contributed by atoms with E-state index < -0.39 is 23.7 Å².